The van der Waals surface area contributed by atoms with Crippen LogP contribution in [0.1, 0.15) is 49.3 Å². The van der Waals surface area contributed by atoms with Crippen LogP contribution in [0.25, 0.3) is 10.9 Å². The maximum atomic E-state index is 13.1. The highest BCUT2D eigenvalue weighted by molar-refractivity contribution is 7.91. The molecule has 2 aliphatic heterocycles. The average Bonchev–Trinajstić information content (AvgIpc) is 3.18. The summed E-state index contributed by atoms with van der Waals surface area (Å²) >= 11 is 0. The molecule has 0 amide bonds. The number of H-pyrrole nitrogens is 1. The minimum Gasteiger partial charge on any atom is -0.393 e. The van der Waals surface area contributed by atoms with Gasteiger partial charge in [-0.25, -0.2) is 8.42 Å². The summed E-state index contributed by atoms with van der Waals surface area (Å²) < 4.78 is 26.1. The van der Waals surface area contributed by atoms with Gasteiger partial charge in [0.15, 0.2) is 0 Å². The Kier molecular flexibility index (Phi) is 4.96. The van der Waals surface area contributed by atoms with E-state index >= 15 is 0 Å². The zero-order chi connectivity index (χ0) is 20.9. The topological polar surface area (TPSA) is 73.4 Å². The first-order chi connectivity index (χ1) is 14.4. The van der Waals surface area contributed by atoms with Crippen LogP contribution in [0.15, 0.2) is 58.5 Å². The average molecular weight is 425 g/mol. The Labute approximate surface area is 177 Å². The second-order valence-electron chi connectivity index (χ2n) is 8.81. The van der Waals surface area contributed by atoms with Gasteiger partial charge in [-0.15, -0.1) is 0 Å². The van der Waals surface area contributed by atoms with E-state index < -0.39 is 9.84 Å². The molecule has 2 saturated heterocycles. The van der Waals surface area contributed by atoms with Crippen molar-refractivity contribution < 1.29 is 13.5 Å². The predicted octanol–water partition coefficient (Wildman–Crippen LogP) is 4.36. The van der Waals surface area contributed by atoms with Gasteiger partial charge in [0.1, 0.15) is 5.03 Å². The summed E-state index contributed by atoms with van der Waals surface area (Å²) in [4.78, 5) is 6.01. The van der Waals surface area contributed by atoms with Crippen LogP contribution in [0.4, 0.5) is 0 Å². The first kappa shape index (κ1) is 19.8. The van der Waals surface area contributed by atoms with Gasteiger partial charge in [0, 0.05) is 29.5 Å². The molecule has 0 radical (unpaired) electrons. The molecule has 158 valence electrons. The van der Waals surface area contributed by atoms with Crippen molar-refractivity contribution in [3.05, 3.63) is 59.7 Å². The molecule has 2 aliphatic rings. The third-order valence-electron chi connectivity index (χ3n) is 6.78. The summed E-state index contributed by atoms with van der Waals surface area (Å²) in [6.45, 7) is 2.87. The van der Waals surface area contributed by atoms with E-state index in [0.29, 0.717) is 17.0 Å². The Morgan fingerprint density at radius 3 is 2.63 bits per heavy atom. The van der Waals surface area contributed by atoms with Gasteiger partial charge in [-0.1, -0.05) is 29.8 Å². The molecule has 2 fully saturated rings. The van der Waals surface area contributed by atoms with E-state index in [1.54, 1.807) is 18.2 Å². The SMILES string of the molecule is Cc1ccc(S(=O)(=O)c2cc3ccc(C4CCCC5CC(O)CCN54)cc3[nH]2)cc1. The number of nitrogens with one attached hydrogen (secondary N) is 1. The number of hydrogen-bond donors (Lipinski definition) is 2. The van der Waals surface area contributed by atoms with Gasteiger partial charge in [0.25, 0.3) is 0 Å². The van der Waals surface area contributed by atoms with Crippen LogP contribution in [0.2, 0.25) is 0 Å². The summed E-state index contributed by atoms with van der Waals surface area (Å²) in [5, 5.41) is 11.2. The van der Waals surface area contributed by atoms with Crippen molar-refractivity contribution in [1.82, 2.24) is 9.88 Å². The van der Waals surface area contributed by atoms with E-state index in [9.17, 15) is 13.5 Å². The smallest absolute Gasteiger partial charge is 0.221 e. The molecular weight excluding hydrogens is 396 g/mol. The first-order valence-corrected chi connectivity index (χ1v) is 12.3. The number of aromatic amines is 1. The Morgan fingerprint density at radius 2 is 1.83 bits per heavy atom. The van der Waals surface area contributed by atoms with Gasteiger partial charge in [-0.2, -0.15) is 0 Å². The number of aromatic nitrogens is 1. The maximum Gasteiger partial charge on any atom is 0.221 e. The largest absolute Gasteiger partial charge is 0.393 e. The van der Waals surface area contributed by atoms with E-state index in [2.05, 4.69) is 22.0 Å². The maximum absolute atomic E-state index is 13.1. The van der Waals surface area contributed by atoms with Gasteiger partial charge < -0.3 is 10.1 Å². The van der Waals surface area contributed by atoms with Gasteiger partial charge in [-0.05, 0) is 68.9 Å². The molecule has 2 N–H and O–H groups in total. The Balaban J connectivity index is 1.48. The number of aliphatic hydroxyl groups is 1. The fourth-order valence-corrected chi connectivity index (χ4v) is 6.40. The van der Waals surface area contributed by atoms with E-state index in [-0.39, 0.29) is 11.1 Å². The van der Waals surface area contributed by atoms with Crippen LogP contribution >= 0.6 is 0 Å². The molecule has 0 aliphatic carbocycles. The predicted molar refractivity (Wildman–Crippen MR) is 117 cm³/mol. The van der Waals surface area contributed by atoms with Crippen LogP contribution in [0.3, 0.4) is 0 Å². The number of hydrogen-bond acceptors (Lipinski definition) is 4. The molecule has 3 unspecified atom stereocenters. The minimum absolute atomic E-state index is 0.176. The zero-order valence-corrected chi connectivity index (χ0v) is 18.0. The molecule has 5 rings (SSSR count). The summed E-state index contributed by atoms with van der Waals surface area (Å²) in [5.74, 6) is 0. The highest BCUT2D eigenvalue weighted by Crippen LogP contribution is 2.39. The number of fused-ring (bicyclic) bond motifs is 2. The third-order valence-corrected chi connectivity index (χ3v) is 8.47. The van der Waals surface area contributed by atoms with Crippen LogP contribution < -0.4 is 0 Å². The van der Waals surface area contributed by atoms with Crippen molar-refractivity contribution in [3.8, 4) is 0 Å². The quantitative estimate of drug-likeness (QED) is 0.655. The highest BCUT2D eigenvalue weighted by Gasteiger charge is 2.35. The van der Waals surface area contributed by atoms with Crippen molar-refractivity contribution in [3.63, 3.8) is 0 Å². The van der Waals surface area contributed by atoms with Gasteiger partial charge in [-0.3, -0.25) is 4.90 Å². The molecular formula is C24H28N2O3S. The first-order valence-electron chi connectivity index (χ1n) is 10.8. The van der Waals surface area contributed by atoms with E-state index in [1.165, 1.54) is 5.56 Å². The molecule has 5 nitrogen and oxygen atoms in total. The number of nitrogens with zero attached hydrogens (tertiary/aromatic N) is 1. The number of aliphatic hydroxyl groups excluding tert-OH is 1. The summed E-state index contributed by atoms with van der Waals surface area (Å²) in [5.41, 5.74) is 3.12. The van der Waals surface area contributed by atoms with Crippen LogP contribution in [-0.4, -0.2) is 42.1 Å². The lowest BCUT2D eigenvalue weighted by atomic mass is 9.85. The highest BCUT2D eigenvalue weighted by atomic mass is 32.2. The Bertz CT molecular complexity index is 1170. The molecule has 2 aromatic carbocycles. The molecule has 0 saturated carbocycles. The number of benzene rings is 2. The number of rotatable bonds is 3. The minimum atomic E-state index is -3.57. The molecule has 0 spiro atoms. The fourth-order valence-electron chi connectivity index (χ4n) is 5.13. The normalized spacial score (nSPS) is 25.3. The van der Waals surface area contributed by atoms with Gasteiger partial charge in [0.2, 0.25) is 9.84 Å². The number of piperidine rings is 2. The molecule has 3 aromatic rings. The third kappa shape index (κ3) is 3.47. The van der Waals surface area contributed by atoms with Crippen LogP contribution in [0, 0.1) is 6.92 Å². The Morgan fingerprint density at radius 1 is 1.03 bits per heavy atom. The lowest BCUT2D eigenvalue weighted by molar-refractivity contribution is -0.00797. The number of sulfone groups is 1. The lowest BCUT2D eigenvalue weighted by Crippen LogP contribution is -2.48. The second kappa shape index (κ2) is 7.52. The van der Waals surface area contributed by atoms with Crippen molar-refractivity contribution in [2.24, 2.45) is 0 Å². The van der Waals surface area contributed by atoms with Crippen molar-refractivity contribution in [2.45, 2.75) is 67.1 Å². The van der Waals surface area contributed by atoms with E-state index in [1.807, 2.05) is 25.1 Å². The van der Waals surface area contributed by atoms with Crippen molar-refractivity contribution in [2.75, 3.05) is 6.54 Å². The molecule has 0 bridgehead atoms. The Hall–Kier alpha value is -2.15. The summed E-state index contributed by atoms with van der Waals surface area (Å²) in [7, 11) is -3.57. The molecule has 30 heavy (non-hydrogen) atoms. The van der Waals surface area contributed by atoms with Gasteiger partial charge >= 0.3 is 0 Å². The van der Waals surface area contributed by atoms with Crippen LogP contribution in [0.5, 0.6) is 0 Å². The van der Waals surface area contributed by atoms with E-state index in [0.717, 1.165) is 55.1 Å². The van der Waals surface area contributed by atoms with Crippen molar-refractivity contribution in [1.29, 1.82) is 0 Å². The zero-order valence-electron chi connectivity index (χ0n) is 17.2. The van der Waals surface area contributed by atoms with E-state index in [4.69, 9.17) is 0 Å². The summed E-state index contributed by atoms with van der Waals surface area (Å²) in [6.07, 6.45) is 4.93. The fraction of sp³-hybridized carbons (Fsp3) is 0.417. The molecule has 3 atom stereocenters. The lowest BCUT2D eigenvalue weighted by Gasteiger charge is -2.46. The second-order valence-corrected chi connectivity index (χ2v) is 10.7. The number of aryl methyl sites for hydroxylation is 1. The molecule has 3 heterocycles. The molecule has 1 aromatic heterocycles. The van der Waals surface area contributed by atoms with Crippen molar-refractivity contribution >= 4 is 20.7 Å². The molecule has 6 heteroatoms. The summed E-state index contributed by atoms with van der Waals surface area (Å²) in [6, 6.07) is 15.8. The standard InChI is InChI=1S/C24H28N2O3S/c1-16-5-9-21(10-6-16)30(28,29)24-14-17-7-8-18(13-22(17)25-24)23-4-2-3-19-15-20(27)11-12-26(19)23/h5-10,13-14,19-20,23,25,27H,2-4,11-12,15H2,1H3. The van der Waals surface area contributed by atoms with Crippen LogP contribution in [-0.2, 0) is 9.84 Å². The monoisotopic (exact) mass is 424 g/mol. The van der Waals surface area contributed by atoms with Gasteiger partial charge in [0.05, 0.1) is 11.0 Å².